The van der Waals surface area contributed by atoms with Crippen LogP contribution in [0, 0.1) is 6.92 Å². The van der Waals surface area contributed by atoms with E-state index in [9.17, 15) is 13.2 Å². The second kappa shape index (κ2) is 7.17. The normalized spacial score (nSPS) is 19.4. The van der Waals surface area contributed by atoms with Gasteiger partial charge in [0.2, 0.25) is 0 Å². The van der Waals surface area contributed by atoms with Crippen LogP contribution in [0.4, 0.5) is 0 Å². The molecule has 1 amide bonds. The van der Waals surface area contributed by atoms with Gasteiger partial charge in [0, 0.05) is 16.8 Å². The van der Waals surface area contributed by atoms with Crippen molar-refractivity contribution in [2.45, 2.75) is 45.7 Å². The number of nitrogens with zero attached hydrogens (tertiary/aromatic N) is 2. The molecule has 1 saturated heterocycles. The largest absolute Gasteiger partial charge is 0.329 e. The zero-order valence-electron chi connectivity index (χ0n) is 14.6. The number of carbonyl (C=O) groups excluding carboxylic acids is 1. The van der Waals surface area contributed by atoms with Crippen molar-refractivity contribution < 1.29 is 13.2 Å². The topological polar surface area (TPSA) is 67.3 Å². The molecule has 0 unspecified atom stereocenters. The van der Waals surface area contributed by atoms with Crippen LogP contribution in [0.15, 0.2) is 17.5 Å². The highest BCUT2D eigenvalue weighted by Crippen LogP contribution is 2.29. The fourth-order valence-corrected chi connectivity index (χ4v) is 6.41. The van der Waals surface area contributed by atoms with Gasteiger partial charge in [-0.05, 0) is 24.8 Å². The predicted molar refractivity (Wildman–Crippen MR) is 102 cm³/mol. The van der Waals surface area contributed by atoms with Crippen LogP contribution < -0.4 is 0 Å². The molecule has 0 spiro atoms. The molecule has 3 rings (SSSR count). The minimum absolute atomic E-state index is 0.0546. The summed E-state index contributed by atoms with van der Waals surface area (Å²) in [7, 11) is -3.06. The van der Waals surface area contributed by atoms with Crippen molar-refractivity contribution in [3.63, 3.8) is 0 Å². The highest BCUT2D eigenvalue weighted by molar-refractivity contribution is 7.91. The Hall–Kier alpha value is -1.25. The molecule has 0 aliphatic carbocycles. The summed E-state index contributed by atoms with van der Waals surface area (Å²) in [6.07, 6.45) is 0.508. The summed E-state index contributed by atoms with van der Waals surface area (Å²) < 4.78 is 23.8. The van der Waals surface area contributed by atoms with Crippen molar-refractivity contribution in [3.8, 4) is 0 Å². The summed E-state index contributed by atoms with van der Waals surface area (Å²) in [5.41, 5.74) is 0.732. The quantitative estimate of drug-likeness (QED) is 0.773. The molecule has 0 N–H and O–H groups in total. The fourth-order valence-electron chi connectivity index (χ4n) is 2.95. The molecular weight excluding hydrogens is 376 g/mol. The Kier molecular flexibility index (Phi) is 5.31. The van der Waals surface area contributed by atoms with Crippen LogP contribution in [0.5, 0.6) is 0 Å². The Labute approximate surface area is 156 Å². The molecule has 3 heterocycles. The number of aryl methyl sites for hydroxylation is 1. The third kappa shape index (κ3) is 4.12. The number of thiazole rings is 1. The van der Waals surface area contributed by atoms with Gasteiger partial charge in [-0.2, -0.15) is 0 Å². The number of thiophene rings is 1. The maximum Gasteiger partial charge on any atom is 0.266 e. The van der Waals surface area contributed by atoms with Crippen LogP contribution in [-0.4, -0.2) is 41.8 Å². The molecule has 2 aromatic heterocycles. The lowest BCUT2D eigenvalue weighted by Gasteiger charge is -2.27. The van der Waals surface area contributed by atoms with E-state index in [1.165, 1.54) is 11.3 Å². The Morgan fingerprint density at radius 2 is 2.20 bits per heavy atom. The first kappa shape index (κ1) is 18.5. The van der Waals surface area contributed by atoms with Crippen LogP contribution in [0.25, 0.3) is 0 Å². The first-order valence-corrected chi connectivity index (χ1v) is 11.8. The van der Waals surface area contributed by atoms with E-state index >= 15 is 0 Å². The van der Waals surface area contributed by atoms with E-state index in [0.717, 1.165) is 15.6 Å². The second-order valence-electron chi connectivity index (χ2n) is 6.69. The molecule has 2 aromatic rings. The maximum absolute atomic E-state index is 13.2. The average Bonchev–Trinajstić information content (AvgIpc) is 3.24. The van der Waals surface area contributed by atoms with E-state index in [-0.39, 0.29) is 29.4 Å². The van der Waals surface area contributed by atoms with E-state index in [1.54, 1.807) is 16.2 Å². The summed E-state index contributed by atoms with van der Waals surface area (Å²) in [6, 6.07) is 3.67. The number of carbonyl (C=O) groups is 1. The summed E-state index contributed by atoms with van der Waals surface area (Å²) in [6.45, 7) is 6.41. The standard InChI is InChI=1S/C17H22N2O3S3/c1-11(2)16-18-12(3)15(24-16)17(20)19(9-14-5-4-7-23-14)13-6-8-25(21,22)10-13/h4-5,7,11,13H,6,8-10H2,1-3H3/t13-/m0/s1. The zero-order chi connectivity index (χ0) is 18.2. The van der Waals surface area contributed by atoms with Crippen LogP contribution in [0.3, 0.4) is 0 Å². The molecular formula is C17H22N2O3S3. The molecule has 0 saturated carbocycles. The molecule has 0 aromatic carbocycles. The molecule has 1 aliphatic rings. The Bertz CT molecular complexity index is 854. The number of rotatable bonds is 5. The van der Waals surface area contributed by atoms with Crippen LogP contribution in [-0.2, 0) is 16.4 Å². The number of sulfone groups is 1. The monoisotopic (exact) mass is 398 g/mol. The third-order valence-electron chi connectivity index (χ3n) is 4.32. The smallest absolute Gasteiger partial charge is 0.266 e. The van der Waals surface area contributed by atoms with Gasteiger partial charge in [0.15, 0.2) is 9.84 Å². The first-order chi connectivity index (χ1) is 11.8. The van der Waals surface area contributed by atoms with Gasteiger partial charge in [-0.15, -0.1) is 22.7 Å². The van der Waals surface area contributed by atoms with E-state index < -0.39 is 9.84 Å². The van der Waals surface area contributed by atoms with Gasteiger partial charge < -0.3 is 4.90 Å². The zero-order valence-corrected chi connectivity index (χ0v) is 17.0. The highest BCUT2D eigenvalue weighted by Gasteiger charge is 2.36. The van der Waals surface area contributed by atoms with E-state index in [0.29, 0.717) is 17.8 Å². The molecule has 25 heavy (non-hydrogen) atoms. The van der Waals surface area contributed by atoms with Crippen molar-refractivity contribution in [2.75, 3.05) is 11.5 Å². The minimum atomic E-state index is -3.06. The van der Waals surface area contributed by atoms with Crippen molar-refractivity contribution >= 4 is 38.4 Å². The lowest BCUT2D eigenvalue weighted by molar-refractivity contribution is 0.0687. The Balaban J connectivity index is 1.92. The number of hydrogen-bond donors (Lipinski definition) is 0. The van der Waals surface area contributed by atoms with Crippen LogP contribution >= 0.6 is 22.7 Å². The van der Waals surface area contributed by atoms with Crippen molar-refractivity contribution in [1.29, 1.82) is 0 Å². The second-order valence-corrected chi connectivity index (χ2v) is 11.0. The third-order valence-corrected chi connectivity index (χ3v) is 8.38. The van der Waals surface area contributed by atoms with E-state index in [2.05, 4.69) is 18.8 Å². The van der Waals surface area contributed by atoms with Crippen molar-refractivity contribution in [3.05, 3.63) is 38.0 Å². The van der Waals surface area contributed by atoms with Crippen LogP contribution in [0.2, 0.25) is 0 Å². The molecule has 0 radical (unpaired) electrons. The highest BCUT2D eigenvalue weighted by atomic mass is 32.2. The molecule has 0 bridgehead atoms. The lowest BCUT2D eigenvalue weighted by Crippen LogP contribution is -2.40. The minimum Gasteiger partial charge on any atom is -0.329 e. The van der Waals surface area contributed by atoms with Crippen molar-refractivity contribution in [1.82, 2.24) is 9.88 Å². The molecule has 1 atom stereocenters. The van der Waals surface area contributed by atoms with Gasteiger partial charge >= 0.3 is 0 Å². The summed E-state index contributed by atoms with van der Waals surface area (Å²) in [5, 5.41) is 2.91. The number of aromatic nitrogens is 1. The maximum atomic E-state index is 13.2. The SMILES string of the molecule is Cc1nc(C(C)C)sc1C(=O)N(Cc1cccs1)[C@H]1CCS(=O)(=O)C1. The molecule has 1 aliphatic heterocycles. The Morgan fingerprint density at radius 1 is 1.44 bits per heavy atom. The van der Waals surface area contributed by atoms with E-state index in [4.69, 9.17) is 0 Å². The van der Waals surface area contributed by atoms with Gasteiger partial charge in [-0.1, -0.05) is 19.9 Å². The molecule has 1 fully saturated rings. The number of amides is 1. The molecule has 8 heteroatoms. The average molecular weight is 399 g/mol. The first-order valence-electron chi connectivity index (χ1n) is 8.28. The van der Waals surface area contributed by atoms with Gasteiger partial charge in [0.05, 0.1) is 28.8 Å². The summed E-state index contributed by atoms with van der Waals surface area (Å²) >= 11 is 3.01. The van der Waals surface area contributed by atoms with Crippen molar-refractivity contribution in [2.24, 2.45) is 0 Å². The lowest BCUT2D eigenvalue weighted by atomic mass is 10.2. The van der Waals surface area contributed by atoms with Gasteiger partial charge in [-0.3, -0.25) is 4.79 Å². The predicted octanol–water partition coefficient (Wildman–Crippen LogP) is 3.47. The van der Waals surface area contributed by atoms with Gasteiger partial charge in [0.25, 0.3) is 5.91 Å². The fraction of sp³-hybridized carbons (Fsp3) is 0.529. The number of hydrogen-bond acceptors (Lipinski definition) is 6. The summed E-state index contributed by atoms with van der Waals surface area (Å²) in [5.74, 6) is 0.379. The Morgan fingerprint density at radius 3 is 2.72 bits per heavy atom. The van der Waals surface area contributed by atoms with E-state index in [1.807, 2.05) is 24.4 Å². The van der Waals surface area contributed by atoms with Gasteiger partial charge in [0.1, 0.15) is 4.88 Å². The summed E-state index contributed by atoms with van der Waals surface area (Å²) in [4.78, 5) is 21.2. The van der Waals surface area contributed by atoms with Gasteiger partial charge in [-0.25, -0.2) is 13.4 Å². The van der Waals surface area contributed by atoms with Crippen LogP contribution in [0.1, 0.15) is 51.4 Å². The molecule has 136 valence electrons. The molecule has 5 nitrogen and oxygen atoms in total.